The highest BCUT2D eigenvalue weighted by Gasteiger charge is 2.21. The molecule has 3 rings (SSSR count). The van der Waals surface area contributed by atoms with Crippen molar-refractivity contribution in [3.8, 4) is 6.07 Å². The topological polar surface area (TPSA) is 59.4 Å². The Morgan fingerprint density at radius 2 is 1.77 bits per heavy atom. The summed E-state index contributed by atoms with van der Waals surface area (Å²) in [6, 6.07) is 15.8. The van der Waals surface area contributed by atoms with Gasteiger partial charge in [0, 0.05) is 44.8 Å². The molecule has 1 fully saturated rings. The van der Waals surface area contributed by atoms with Gasteiger partial charge >= 0.3 is 0 Å². The Labute approximate surface area is 152 Å². The van der Waals surface area contributed by atoms with Crippen LogP contribution in [0.5, 0.6) is 0 Å². The third-order valence-electron chi connectivity index (χ3n) is 4.53. The van der Waals surface area contributed by atoms with Crippen molar-refractivity contribution in [2.24, 2.45) is 0 Å². The lowest BCUT2D eigenvalue weighted by atomic mass is 10.2. The molecule has 1 amide bonds. The molecular weight excluding hydrogens is 331 g/mol. The number of para-hydroxylation sites is 1. The van der Waals surface area contributed by atoms with Crippen molar-refractivity contribution in [3.05, 3.63) is 59.9 Å². The lowest BCUT2D eigenvalue weighted by Crippen LogP contribution is -2.49. The number of benzene rings is 2. The molecule has 6 heteroatoms. The molecule has 134 valence electrons. The number of anilines is 2. The number of amides is 1. The molecule has 26 heavy (non-hydrogen) atoms. The maximum atomic E-state index is 13.0. The molecule has 0 unspecified atom stereocenters. The maximum Gasteiger partial charge on any atom is 0.224 e. The minimum absolute atomic E-state index is 0.102. The van der Waals surface area contributed by atoms with E-state index in [0.29, 0.717) is 31.6 Å². The average molecular weight is 352 g/mol. The van der Waals surface area contributed by atoms with Gasteiger partial charge in [0.1, 0.15) is 11.9 Å². The van der Waals surface area contributed by atoms with Crippen LogP contribution in [-0.2, 0) is 4.79 Å². The van der Waals surface area contributed by atoms with E-state index >= 15 is 0 Å². The first-order valence-electron chi connectivity index (χ1n) is 8.68. The number of carbonyl (C=O) groups is 1. The summed E-state index contributed by atoms with van der Waals surface area (Å²) in [5, 5.41) is 12.2. The number of piperazine rings is 1. The molecule has 1 N–H and O–H groups in total. The van der Waals surface area contributed by atoms with E-state index in [2.05, 4.69) is 16.3 Å². The van der Waals surface area contributed by atoms with Gasteiger partial charge in [-0.3, -0.25) is 4.79 Å². The molecule has 0 aliphatic carbocycles. The fourth-order valence-electron chi connectivity index (χ4n) is 3.06. The monoisotopic (exact) mass is 352 g/mol. The van der Waals surface area contributed by atoms with Crippen LogP contribution in [0.3, 0.4) is 0 Å². The van der Waals surface area contributed by atoms with Gasteiger partial charge < -0.3 is 15.1 Å². The summed E-state index contributed by atoms with van der Waals surface area (Å²) in [4.78, 5) is 16.4. The highest BCUT2D eigenvalue weighted by Crippen LogP contribution is 2.17. The predicted octanol–water partition coefficient (Wildman–Crippen LogP) is 2.85. The number of halogens is 1. The van der Waals surface area contributed by atoms with E-state index in [1.807, 2.05) is 23.1 Å². The molecule has 0 saturated carbocycles. The minimum Gasteiger partial charge on any atom is -0.383 e. The number of nitriles is 1. The van der Waals surface area contributed by atoms with Crippen LogP contribution in [0.1, 0.15) is 12.0 Å². The van der Waals surface area contributed by atoms with Crippen molar-refractivity contribution in [1.29, 1.82) is 5.26 Å². The molecule has 0 spiro atoms. The molecule has 1 aliphatic rings. The van der Waals surface area contributed by atoms with Gasteiger partial charge in [-0.2, -0.15) is 5.26 Å². The summed E-state index contributed by atoms with van der Waals surface area (Å²) in [6.07, 6.45) is 0.385. The molecule has 0 aromatic heterocycles. The molecule has 1 heterocycles. The molecule has 0 radical (unpaired) electrons. The second kappa shape index (κ2) is 8.34. The largest absolute Gasteiger partial charge is 0.383 e. The third kappa shape index (κ3) is 4.31. The summed E-state index contributed by atoms with van der Waals surface area (Å²) >= 11 is 0. The van der Waals surface area contributed by atoms with Gasteiger partial charge in [0.2, 0.25) is 5.91 Å². The van der Waals surface area contributed by atoms with Crippen molar-refractivity contribution < 1.29 is 9.18 Å². The SMILES string of the molecule is N#Cc1ccccc1NCCC(=O)N1CCN(c2ccc(F)cc2)CC1. The molecule has 2 aromatic carbocycles. The van der Waals surface area contributed by atoms with Gasteiger partial charge in [0.25, 0.3) is 0 Å². The normalized spacial score (nSPS) is 14.0. The smallest absolute Gasteiger partial charge is 0.224 e. The maximum absolute atomic E-state index is 13.0. The second-order valence-corrected chi connectivity index (χ2v) is 6.18. The Bertz CT molecular complexity index is 792. The van der Waals surface area contributed by atoms with Gasteiger partial charge in [-0.05, 0) is 36.4 Å². The van der Waals surface area contributed by atoms with Crippen LogP contribution in [-0.4, -0.2) is 43.5 Å². The molecule has 0 bridgehead atoms. The molecule has 0 atom stereocenters. The van der Waals surface area contributed by atoms with E-state index in [0.717, 1.165) is 24.5 Å². The van der Waals surface area contributed by atoms with Crippen molar-refractivity contribution in [2.75, 3.05) is 42.9 Å². The van der Waals surface area contributed by atoms with Crippen LogP contribution in [0.25, 0.3) is 0 Å². The Balaban J connectivity index is 1.45. The Kier molecular flexibility index (Phi) is 5.69. The molecular formula is C20H21FN4O. The summed E-state index contributed by atoms with van der Waals surface area (Å²) in [5.41, 5.74) is 2.31. The van der Waals surface area contributed by atoms with E-state index in [-0.39, 0.29) is 11.7 Å². The van der Waals surface area contributed by atoms with Crippen LogP contribution in [0.15, 0.2) is 48.5 Å². The van der Waals surface area contributed by atoms with E-state index < -0.39 is 0 Å². The van der Waals surface area contributed by atoms with E-state index in [1.165, 1.54) is 12.1 Å². The van der Waals surface area contributed by atoms with Gasteiger partial charge in [-0.15, -0.1) is 0 Å². The second-order valence-electron chi connectivity index (χ2n) is 6.18. The molecule has 2 aromatic rings. The van der Waals surface area contributed by atoms with Crippen molar-refractivity contribution in [1.82, 2.24) is 4.90 Å². The standard InChI is InChI=1S/C20H21FN4O/c21-17-5-7-18(8-6-17)24-11-13-25(14-12-24)20(26)9-10-23-19-4-2-1-3-16(19)15-22/h1-8,23H,9-14H2. The average Bonchev–Trinajstić information content (AvgIpc) is 2.69. The first kappa shape index (κ1) is 17.7. The Hall–Kier alpha value is -3.07. The predicted molar refractivity (Wildman–Crippen MR) is 99.5 cm³/mol. The molecule has 5 nitrogen and oxygen atoms in total. The fourth-order valence-corrected chi connectivity index (χ4v) is 3.06. The number of nitrogens with one attached hydrogen (secondary N) is 1. The molecule has 1 saturated heterocycles. The van der Waals surface area contributed by atoms with Gasteiger partial charge in [-0.25, -0.2) is 4.39 Å². The highest BCUT2D eigenvalue weighted by molar-refractivity contribution is 5.77. The summed E-state index contributed by atoms with van der Waals surface area (Å²) < 4.78 is 13.0. The first-order valence-corrected chi connectivity index (χ1v) is 8.68. The molecule has 1 aliphatic heterocycles. The zero-order valence-corrected chi connectivity index (χ0v) is 14.5. The van der Waals surface area contributed by atoms with Gasteiger partial charge in [-0.1, -0.05) is 12.1 Å². The lowest BCUT2D eigenvalue weighted by Gasteiger charge is -2.36. The van der Waals surface area contributed by atoms with Crippen LogP contribution in [0, 0.1) is 17.1 Å². The summed E-state index contributed by atoms with van der Waals surface area (Å²) in [7, 11) is 0. The Morgan fingerprint density at radius 1 is 1.08 bits per heavy atom. The Morgan fingerprint density at radius 3 is 2.46 bits per heavy atom. The van der Waals surface area contributed by atoms with Crippen LogP contribution in [0.4, 0.5) is 15.8 Å². The lowest BCUT2D eigenvalue weighted by molar-refractivity contribution is -0.131. The fraction of sp³-hybridized carbons (Fsp3) is 0.300. The minimum atomic E-state index is -0.243. The van der Waals surface area contributed by atoms with Crippen LogP contribution < -0.4 is 10.2 Å². The van der Waals surface area contributed by atoms with Crippen LogP contribution >= 0.6 is 0 Å². The highest BCUT2D eigenvalue weighted by atomic mass is 19.1. The number of carbonyl (C=O) groups excluding carboxylic acids is 1. The van der Waals surface area contributed by atoms with E-state index in [1.54, 1.807) is 18.2 Å². The van der Waals surface area contributed by atoms with Crippen molar-refractivity contribution in [3.63, 3.8) is 0 Å². The quantitative estimate of drug-likeness (QED) is 0.899. The zero-order valence-electron chi connectivity index (χ0n) is 14.5. The third-order valence-corrected chi connectivity index (χ3v) is 4.53. The first-order chi connectivity index (χ1) is 12.7. The van der Waals surface area contributed by atoms with E-state index in [4.69, 9.17) is 5.26 Å². The van der Waals surface area contributed by atoms with E-state index in [9.17, 15) is 9.18 Å². The number of hydrogen-bond donors (Lipinski definition) is 1. The van der Waals surface area contributed by atoms with Gasteiger partial charge in [0.05, 0.1) is 11.3 Å². The van der Waals surface area contributed by atoms with Gasteiger partial charge in [0.15, 0.2) is 0 Å². The summed E-state index contributed by atoms with van der Waals surface area (Å²) in [6.45, 7) is 3.29. The van der Waals surface area contributed by atoms with Crippen molar-refractivity contribution in [2.45, 2.75) is 6.42 Å². The summed E-state index contributed by atoms with van der Waals surface area (Å²) in [5.74, 6) is -0.140. The zero-order chi connectivity index (χ0) is 18.4. The number of nitrogens with zero attached hydrogens (tertiary/aromatic N) is 3. The van der Waals surface area contributed by atoms with Crippen LogP contribution in [0.2, 0.25) is 0 Å². The van der Waals surface area contributed by atoms with Crippen molar-refractivity contribution >= 4 is 17.3 Å². The number of hydrogen-bond acceptors (Lipinski definition) is 4. The number of rotatable bonds is 5.